The van der Waals surface area contributed by atoms with Crippen molar-refractivity contribution in [2.24, 2.45) is 0 Å². The van der Waals surface area contributed by atoms with Gasteiger partial charge in [-0.25, -0.2) is 4.79 Å². The van der Waals surface area contributed by atoms with Gasteiger partial charge in [0.15, 0.2) is 12.0 Å². The fraction of sp³-hybridized carbons (Fsp3) is 0.0556. The summed E-state index contributed by atoms with van der Waals surface area (Å²) in [6.45, 7) is -0.458. The molecule has 2 aromatic carbocycles. The average molecular weight is 401 g/mol. The summed E-state index contributed by atoms with van der Waals surface area (Å²) in [6.07, 6.45) is 0. The first-order chi connectivity index (χ1) is 12.0. The van der Waals surface area contributed by atoms with Gasteiger partial charge in [-0.05, 0) is 30.3 Å². The molecule has 0 aliphatic heterocycles. The smallest absolute Gasteiger partial charge is 0.355 e. The third-order valence-electron chi connectivity index (χ3n) is 3.40. The van der Waals surface area contributed by atoms with Crippen molar-refractivity contribution in [2.75, 3.05) is 11.9 Å². The van der Waals surface area contributed by atoms with Crippen molar-refractivity contribution < 1.29 is 14.3 Å². The maximum Gasteiger partial charge on any atom is 0.355 e. The van der Waals surface area contributed by atoms with Gasteiger partial charge < -0.3 is 15.0 Å². The highest BCUT2D eigenvalue weighted by atomic mass is 79.9. The molecule has 3 rings (SSSR count). The highest BCUT2D eigenvalue weighted by molar-refractivity contribution is 9.10. The van der Waals surface area contributed by atoms with Crippen molar-refractivity contribution in [3.63, 3.8) is 0 Å². The molecule has 0 aliphatic carbocycles. The molecular formula is C18H13BrN2O4. The van der Waals surface area contributed by atoms with Gasteiger partial charge in [-0.3, -0.25) is 9.59 Å². The van der Waals surface area contributed by atoms with E-state index in [0.717, 1.165) is 10.5 Å². The maximum atomic E-state index is 12.1. The van der Waals surface area contributed by atoms with Crippen LogP contribution in [0.3, 0.4) is 0 Å². The molecule has 1 amide bonds. The van der Waals surface area contributed by atoms with E-state index in [1.807, 2.05) is 6.07 Å². The van der Waals surface area contributed by atoms with Crippen molar-refractivity contribution in [3.05, 3.63) is 75.0 Å². The lowest BCUT2D eigenvalue weighted by atomic mass is 10.2. The summed E-state index contributed by atoms with van der Waals surface area (Å²) in [5.74, 6) is -1.25. The van der Waals surface area contributed by atoms with E-state index in [1.54, 1.807) is 42.5 Å². The molecule has 0 radical (unpaired) electrons. The Bertz CT molecular complexity index is 1010. The number of hydrogen-bond acceptors (Lipinski definition) is 4. The standard InChI is InChI=1S/C18H13BrN2O4/c19-11-4-3-5-12(8-11)20-17(23)10-25-18(24)15-9-16(22)13-6-1-2-7-14(13)21-15/h1-9H,10H2,(H,20,23)(H,21,22). The van der Waals surface area contributed by atoms with E-state index < -0.39 is 18.5 Å². The van der Waals surface area contributed by atoms with Gasteiger partial charge in [0, 0.05) is 27.1 Å². The van der Waals surface area contributed by atoms with Crippen LogP contribution >= 0.6 is 15.9 Å². The van der Waals surface area contributed by atoms with Gasteiger partial charge in [-0.2, -0.15) is 0 Å². The number of aromatic amines is 1. The zero-order chi connectivity index (χ0) is 17.8. The molecule has 0 spiro atoms. The zero-order valence-electron chi connectivity index (χ0n) is 12.9. The quantitative estimate of drug-likeness (QED) is 0.658. The third-order valence-corrected chi connectivity index (χ3v) is 3.89. The predicted molar refractivity (Wildman–Crippen MR) is 97.6 cm³/mol. The molecule has 1 heterocycles. The lowest BCUT2D eigenvalue weighted by Gasteiger charge is -2.07. The van der Waals surface area contributed by atoms with Crippen LogP contribution in [0.15, 0.2) is 63.9 Å². The van der Waals surface area contributed by atoms with E-state index >= 15 is 0 Å². The number of rotatable bonds is 4. The first kappa shape index (κ1) is 16.9. The first-order valence-corrected chi connectivity index (χ1v) is 8.17. The van der Waals surface area contributed by atoms with Gasteiger partial charge in [-0.15, -0.1) is 0 Å². The molecule has 1 aromatic heterocycles. The Balaban J connectivity index is 1.66. The van der Waals surface area contributed by atoms with Crippen molar-refractivity contribution >= 4 is 44.4 Å². The molecule has 3 aromatic rings. The number of aromatic nitrogens is 1. The number of carbonyl (C=O) groups excluding carboxylic acids is 2. The number of halogens is 1. The summed E-state index contributed by atoms with van der Waals surface area (Å²) in [5, 5.41) is 3.09. The molecule has 0 bridgehead atoms. The number of esters is 1. The number of H-pyrrole nitrogens is 1. The van der Waals surface area contributed by atoms with E-state index in [0.29, 0.717) is 16.6 Å². The first-order valence-electron chi connectivity index (χ1n) is 7.37. The van der Waals surface area contributed by atoms with Crippen LogP contribution in [0.2, 0.25) is 0 Å². The second-order valence-electron chi connectivity index (χ2n) is 5.23. The lowest BCUT2D eigenvalue weighted by molar-refractivity contribution is -0.119. The molecule has 25 heavy (non-hydrogen) atoms. The van der Waals surface area contributed by atoms with E-state index in [4.69, 9.17) is 4.74 Å². The van der Waals surface area contributed by atoms with Crippen LogP contribution in [0.1, 0.15) is 10.5 Å². The Morgan fingerprint density at radius 3 is 2.68 bits per heavy atom. The topological polar surface area (TPSA) is 88.3 Å². The number of ether oxygens (including phenoxy) is 1. The fourth-order valence-electron chi connectivity index (χ4n) is 2.28. The Morgan fingerprint density at radius 1 is 1.08 bits per heavy atom. The van der Waals surface area contributed by atoms with Crippen molar-refractivity contribution in [2.45, 2.75) is 0 Å². The third kappa shape index (κ3) is 4.13. The van der Waals surface area contributed by atoms with Crippen LogP contribution in [-0.4, -0.2) is 23.5 Å². The molecule has 0 saturated carbocycles. The summed E-state index contributed by atoms with van der Waals surface area (Å²) in [6, 6.07) is 15.0. The molecule has 0 saturated heterocycles. The maximum absolute atomic E-state index is 12.1. The van der Waals surface area contributed by atoms with Gasteiger partial charge in [-0.1, -0.05) is 34.1 Å². The number of anilines is 1. The number of carbonyl (C=O) groups is 2. The number of hydrogen-bond donors (Lipinski definition) is 2. The Kier molecular flexibility index (Phi) is 4.95. The largest absolute Gasteiger partial charge is 0.451 e. The van der Waals surface area contributed by atoms with Crippen molar-refractivity contribution in [1.29, 1.82) is 0 Å². The number of nitrogens with one attached hydrogen (secondary N) is 2. The van der Waals surface area contributed by atoms with Crippen LogP contribution < -0.4 is 10.7 Å². The van der Waals surface area contributed by atoms with Gasteiger partial charge in [0.25, 0.3) is 5.91 Å². The second kappa shape index (κ2) is 7.31. The van der Waals surface area contributed by atoms with Gasteiger partial charge in [0.2, 0.25) is 0 Å². The molecule has 0 atom stereocenters. The zero-order valence-corrected chi connectivity index (χ0v) is 14.5. The Labute approximate surface area is 151 Å². The summed E-state index contributed by atoms with van der Waals surface area (Å²) in [4.78, 5) is 38.8. The summed E-state index contributed by atoms with van der Waals surface area (Å²) in [5.41, 5.74) is 0.814. The number of fused-ring (bicyclic) bond motifs is 1. The summed E-state index contributed by atoms with van der Waals surface area (Å²) < 4.78 is 5.78. The van der Waals surface area contributed by atoms with Crippen LogP contribution in [0.25, 0.3) is 10.9 Å². The SMILES string of the molecule is O=C(COC(=O)c1cc(=O)c2ccccc2[nH]1)Nc1cccc(Br)c1. The second-order valence-corrected chi connectivity index (χ2v) is 6.14. The van der Waals surface area contributed by atoms with Crippen molar-refractivity contribution in [1.82, 2.24) is 4.98 Å². The monoisotopic (exact) mass is 400 g/mol. The Morgan fingerprint density at radius 2 is 1.88 bits per heavy atom. The highest BCUT2D eigenvalue weighted by Gasteiger charge is 2.13. The molecule has 0 fully saturated rings. The Hall–Kier alpha value is -2.93. The van der Waals surface area contributed by atoms with E-state index in [1.165, 1.54) is 0 Å². The molecular weight excluding hydrogens is 388 g/mol. The van der Waals surface area contributed by atoms with Gasteiger partial charge in [0.1, 0.15) is 5.69 Å². The number of pyridine rings is 1. The molecule has 0 aliphatic rings. The minimum atomic E-state index is -0.771. The van der Waals surface area contributed by atoms with Crippen LogP contribution in [0, 0.1) is 0 Å². The molecule has 2 N–H and O–H groups in total. The summed E-state index contributed by atoms with van der Waals surface area (Å²) in [7, 11) is 0. The fourth-order valence-corrected chi connectivity index (χ4v) is 2.68. The van der Waals surface area contributed by atoms with Gasteiger partial charge >= 0.3 is 5.97 Å². The minimum Gasteiger partial charge on any atom is -0.451 e. The van der Waals surface area contributed by atoms with Crippen LogP contribution in [0.4, 0.5) is 5.69 Å². The number of amides is 1. The van der Waals surface area contributed by atoms with E-state index in [9.17, 15) is 14.4 Å². The van der Waals surface area contributed by atoms with E-state index in [-0.39, 0.29) is 11.1 Å². The number of benzene rings is 2. The molecule has 0 unspecified atom stereocenters. The highest BCUT2D eigenvalue weighted by Crippen LogP contribution is 2.15. The number of para-hydroxylation sites is 1. The predicted octanol–water partition coefficient (Wildman–Crippen LogP) is 3.09. The van der Waals surface area contributed by atoms with Crippen LogP contribution in [0.5, 0.6) is 0 Å². The van der Waals surface area contributed by atoms with E-state index in [2.05, 4.69) is 26.2 Å². The molecule has 6 nitrogen and oxygen atoms in total. The van der Waals surface area contributed by atoms with Gasteiger partial charge in [0.05, 0.1) is 0 Å². The average Bonchev–Trinajstić information content (AvgIpc) is 2.59. The summed E-state index contributed by atoms with van der Waals surface area (Å²) >= 11 is 3.30. The van der Waals surface area contributed by atoms with Crippen LogP contribution in [-0.2, 0) is 9.53 Å². The molecule has 126 valence electrons. The van der Waals surface area contributed by atoms with Crippen molar-refractivity contribution in [3.8, 4) is 0 Å². The minimum absolute atomic E-state index is 0.000967. The molecule has 7 heteroatoms. The normalized spacial score (nSPS) is 10.4. The lowest BCUT2D eigenvalue weighted by Crippen LogP contribution is -2.22.